The topological polar surface area (TPSA) is 58.9 Å². The zero-order valence-corrected chi connectivity index (χ0v) is 10.7. The van der Waals surface area contributed by atoms with E-state index in [2.05, 4.69) is 21.9 Å². The maximum absolute atomic E-state index is 9.27. The quantitative estimate of drug-likeness (QED) is 0.895. The van der Waals surface area contributed by atoms with Crippen molar-refractivity contribution in [2.24, 2.45) is 0 Å². The first kappa shape index (κ1) is 12.6. The number of hydrogen-bond acceptors (Lipinski definition) is 4. The Labute approximate surface area is 107 Å². The number of pyridine rings is 1. The molecule has 2 rings (SSSR count). The number of aliphatic hydroxyl groups excluding tert-OH is 1. The summed E-state index contributed by atoms with van der Waals surface area (Å²) in [4.78, 5) is 13.0. The lowest BCUT2D eigenvalue weighted by Crippen LogP contribution is -2.02. The average molecular weight is 243 g/mol. The molecule has 0 fully saturated rings. The maximum Gasteiger partial charge on any atom is 0.159 e. The van der Waals surface area contributed by atoms with E-state index in [1.807, 2.05) is 13.0 Å². The molecule has 0 aromatic carbocycles. The Morgan fingerprint density at radius 2 is 2.11 bits per heavy atom. The Bertz CT molecular complexity index is 540. The Morgan fingerprint density at radius 1 is 1.28 bits per heavy atom. The smallest absolute Gasteiger partial charge is 0.159 e. The lowest BCUT2D eigenvalue weighted by atomic mass is 10.1. The minimum atomic E-state index is -0.00899. The van der Waals surface area contributed by atoms with E-state index in [1.54, 1.807) is 18.6 Å². The van der Waals surface area contributed by atoms with Gasteiger partial charge in [0, 0.05) is 35.4 Å². The van der Waals surface area contributed by atoms with Gasteiger partial charge in [0.15, 0.2) is 5.82 Å². The molecule has 0 saturated heterocycles. The van der Waals surface area contributed by atoms with Crippen molar-refractivity contribution in [1.29, 1.82) is 0 Å². The van der Waals surface area contributed by atoms with Crippen molar-refractivity contribution < 1.29 is 5.11 Å². The number of nitrogens with zero attached hydrogens (tertiary/aromatic N) is 3. The predicted octanol–water partition coefficient (Wildman–Crippen LogP) is 2.29. The van der Waals surface area contributed by atoms with Gasteiger partial charge in [-0.05, 0) is 25.0 Å². The maximum atomic E-state index is 9.27. The van der Waals surface area contributed by atoms with E-state index in [0.29, 0.717) is 5.82 Å². The summed E-state index contributed by atoms with van der Waals surface area (Å²) >= 11 is 0. The number of aryl methyl sites for hydroxylation is 2. The lowest BCUT2D eigenvalue weighted by molar-refractivity contribution is 0.279. The predicted molar refractivity (Wildman–Crippen MR) is 69.9 cm³/mol. The van der Waals surface area contributed by atoms with Crippen LogP contribution in [-0.4, -0.2) is 20.1 Å². The first-order chi connectivity index (χ1) is 8.76. The molecule has 1 N–H and O–H groups in total. The van der Waals surface area contributed by atoms with Crippen LogP contribution in [0.2, 0.25) is 0 Å². The van der Waals surface area contributed by atoms with Crippen LogP contribution in [0, 0.1) is 6.92 Å². The summed E-state index contributed by atoms with van der Waals surface area (Å²) in [6.07, 6.45) is 7.12. The molecule has 0 amide bonds. The van der Waals surface area contributed by atoms with E-state index in [1.165, 1.54) is 0 Å². The molecule has 4 heteroatoms. The first-order valence-corrected chi connectivity index (χ1v) is 6.13. The third kappa shape index (κ3) is 2.54. The van der Waals surface area contributed by atoms with Gasteiger partial charge in [0.1, 0.15) is 0 Å². The van der Waals surface area contributed by atoms with Gasteiger partial charge in [-0.25, -0.2) is 9.97 Å². The van der Waals surface area contributed by atoms with Crippen LogP contribution >= 0.6 is 0 Å². The van der Waals surface area contributed by atoms with Crippen molar-refractivity contribution >= 4 is 0 Å². The van der Waals surface area contributed by atoms with Crippen molar-refractivity contribution in [2.75, 3.05) is 0 Å². The summed E-state index contributed by atoms with van der Waals surface area (Å²) in [7, 11) is 0. The van der Waals surface area contributed by atoms with E-state index in [4.69, 9.17) is 0 Å². The molecule has 0 aliphatic heterocycles. The van der Waals surface area contributed by atoms with Gasteiger partial charge in [0.25, 0.3) is 0 Å². The van der Waals surface area contributed by atoms with Crippen LogP contribution in [-0.2, 0) is 13.0 Å². The van der Waals surface area contributed by atoms with Gasteiger partial charge < -0.3 is 5.11 Å². The molecular weight excluding hydrogens is 226 g/mol. The van der Waals surface area contributed by atoms with Crippen LogP contribution in [0.4, 0.5) is 0 Å². The molecule has 0 bridgehead atoms. The van der Waals surface area contributed by atoms with Gasteiger partial charge in [-0.2, -0.15) is 0 Å². The Kier molecular flexibility index (Phi) is 3.99. The molecule has 94 valence electrons. The van der Waals surface area contributed by atoms with Gasteiger partial charge in [-0.15, -0.1) is 0 Å². The van der Waals surface area contributed by atoms with Gasteiger partial charge in [-0.3, -0.25) is 4.98 Å². The summed E-state index contributed by atoms with van der Waals surface area (Å²) in [5, 5.41) is 9.27. The molecule has 0 atom stereocenters. The highest BCUT2D eigenvalue weighted by molar-refractivity contribution is 5.58. The molecule has 0 aliphatic carbocycles. The highest BCUT2D eigenvalue weighted by Crippen LogP contribution is 2.20. The SMILES string of the molecule is CCCc1nc(-c2ccncc2C)ncc1CO. The highest BCUT2D eigenvalue weighted by atomic mass is 16.3. The Morgan fingerprint density at radius 3 is 2.78 bits per heavy atom. The van der Waals surface area contributed by atoms with Crippen LogP contribution < -0.4 is 0 Å². The molecule has 4 nitrogen and oxygen atoms in total. The molecule has 0 unspecified atom stereocenters. The molecular formula is C14H17N3O. The number of aromatic nitrogens is 3. The molecule has 2 aromatic heterocycles. The van der Waals surface area contributed by atoms with Crippen LogP contribution in [0.3, 0.4) is 0 Å². The van der Waals surface area contributed by atoms with E-state index >= 15 is 0 Å². The van der Waals surface area contributed by atoms with E-state index in [-0.39, 0.29) is 6.61 Å². The van der Waals surface area contributed by atoms with Crippen LogP contribution in [0.1, 0.15) is 30.2 Å². The Balaban J connectivity index is 2.47. The summed E-state index contributed by atoms with van der Waals surface area (Å²) < 4.78 is 0. The molecule has 2 aromatic rings. The summed E-state index contributed by atoms with van der Waals surface area (Å²) in [5.74, 6) is 0.704. The average Bonchev–Trinajstić information content (AvgIpc) is 2.40. The standard InChI is InChI=1S/C14H17N3O/c1-3-4-13-11(9-18)8-16-14(17-13)12-5-6-15-7-10(12)2/h5-8,18H,3-4,9H2,1-2H3. The molecule has 0 spiro atoms. The third-order valence-electron chi connectivity index (χ3n) is 2.87. The second kappa shape index (κ2) is 5.69. The van der Waals surface area contributed by atoms with Gasteiger partial charge in [0.2, 0.25) is 0 Å². The van der Waals surface area contributed by atoms with Crippen molar-refractivity contribution in [2.45, 2.75) is 33.3 Å². The molecule has 2 heterocycles. The fourth-order valence-corrected chi connectivity index (χ4v) is 1.88. The van der Waals surface area contributed by atoms with Gasteiger partial charge in [-0.1, -0.05) is 13.3 Å². The van der Waals surface area contributed by atoms with E-state index in [9.17, 15) is 5.11 Å². The minimum Gasteiger partial charge on any atom is -0.392 e. The fourth-order valence-electron chi connectivity index (χ4n) is 1.88. The van der Waals surface area contributed by atoms with E-state index < -0.39 is 0 Å². The van der Waals surface area contributed by atoms with Gasteiger partial charge in [0.05, 0.1) is 6.61 Å². The first-order valence-electron chi connectivity index (χ1n) is 6.13. The number of hydrogen-bond donors (Lipinski definition) is 1. The molecule has 0 aliphatic rings. The number of rotatable bonds is 4. The molecule has 18 heavy (non-hydrogen) atoms. The zero-order chi connectivity index (χ0) is 13.0. The lowest BCUT2D eigenvalue weighted by Gasteiger charge is -2.09. The normalized spacial score (nSPS) is 10.6. The largest absolute Gasteiger partial charge is 0.392 e. The highest BCUT2D eigenvalue weighted by Gasteiger charge is 2.09. The molecule has 0 radical (unpaired) electrons. The summed E-state index contributed by atoms with van der Waals surface area (Å²) in [6.45, 7) is 4.08. The van der Waals surface area contributed by atoms with Crippen molar-refractivity contribution in [3.63, 3.8) is 0 Å². The number of aliphatic hydroxyl groups is 1. The Hall–Kier alpha value is -1.81. The van der Waals surface area contributed by atoms with Crippen LogP contribution in [0.15, 0.2) is 24.7 Å². The van der Waals surface area contributed by atoms with Gasteiger partial charge >= 0.3 is 0 Å². The fraction of sp³-hybridized carbons (Fsp3) is 0.357. The third-order valence-corrected chi connectivity index (χ3v) is 2.87. The monoisotopic (exact) mass is 243 g/mol. The van der Waals surface area contributed by atoms with Crippen molar-refractivity contribution in [3.05, 3.63) is 41.5 Å². The van der Waals surface area contributed by atoms with Crippen molar-refractivity contribution in [1.82, 2.24) is 15.0 Å². The molecule has 0 saturated carbocycles. The second-order valence-corrected chi connectivity index (χ2v) is 4.26. The van der Waals surface area contributed by atoms with Crippen molar-refractivity contribution in [3.8, 4) is 11.4 Å². The minimum absolute atomic E-state index is 0.00899. The van der Waals surface area contributed by atoms with E-state index in [0.717, 1.165) is 35.2 Å². The summed E-state index contributed by atoms with van der Waals surface area (Å²) in [5.41, 5.74) is 3.79. The second-order valence-electron chi connectivity index (χ2n) is 4.26. The van der Waals surface area contributed by atoms with Crippen LogP contribution in [0.25, 0.3) is 11.4 Å². The summed E-state index contributed by atoms with van der Waals surface area (Å²) in [6, 6.07) is 1.92. The zero-order valence-electron chi connectivity index (χ0n) is 10.7. The van der Waals surface area contributed by atoms with Crippen LogP contribution in [0.5, 0.6) is 0 Å².